The summed E-state index contributed by atoms with van der Waals surface area (Å²) in [7, 11) is 5.73. The average Bonchev–Trinajstić information content (AvgIpc) is 3.14. The molecule has 2 N–H and O–H groups in total. The Bertz CT molecular complexity index is 522. The van der Waals surface area contributed by atoms with Crippen molar-refractivity contribution in [2.24, 2.45) is 10.9 Å². The minimum Gasteiger partial charge on any atom is -0.385 e. The van der Waals surface area contributed by atoms with Gasteiger partial charge in [0.25, 0.3) is 0 Å². The molecule has 1 saturated heterocycles. The van der Waals surface area contributed by atoms with Crippen molar-refractivity contribution in [1.82, 2.24) is 15.5 Å². The molecule has 146 valence electrons. The van der Waals surface area contributed by atoms with Crippen molar-refractivity contribution in [2.45, 2.75) is 12.8 Å². The highest BCUT2D eigenvalue weighted by molar-refractivity contribution is 5.79. The van der Waals surface area contributed by atoms with Gasteiger partial charge in [-0.25, -0.2) is 0 Å². The molecule has 1 aromatic rings. The van der Waals surface area contributed by atoms with E-state index in [9.17, 15) is 0 Å². The number of para-hydroxylation sites is 1. The molecule has 1 fully saturated rings. The molecule has 1 unspecified atom stereocenters. The number of ether oxygens (including phenoxy) is 1. The number of rotatable bonds is 10. The van der Waals surface area contributed by atoms with Gasteiger partial charge in [0.2, 0.25) is 0 Å². The van der Waals surface area contributed by atoms with Crippen LogP contribution in [0.4, 0.5) is 5.69 Å². The molecule has 1 aromatic carbocycles. The van der Waals surface area contributed by atoms with Crippen molar-refractivity contribution in [3.63, 3.8) is 0 Å². The zero-order valence-corrected chi connectivity index (χ0v) is 16.6. The van der Waals surface area contributed by atoms with Crippen molar-refractivity contribution < 1.29 is 4.74 Å². The largest absolute Gasteiger partial charge is 0.385 e. The molecular formula is C20H35N5O. The predicted molar refractivity (Wildman–Crippen MR) is 110 cm³/mol. The van der Waals surface area contributed by atoms with Gasteiger partial charge in [0.1, 0.15) is 0 Å². The fourth-order valence-corrected chi connectivity index (χ4v) is 3.29. The first kappa shape index (κ1) is 20.5. The van der Waals surface area contributed by atoms with E-state index in [0.717, 1.165) is 58.3 Å². The Kier molecular flexibility index (Phi) is 9.28. The Morgan fingerprint density at radius 1 is 1.27 bits per heavy atom. The third kappa shape index (κ3) is 7.22. The molecule has 0 spiro atoms. The second-order valence-electron chi connectivity index (χ2n) is 6.97. The van der Waals surface area contributed by atoms with Gasteiger partial charge in [-0.15, -0.1) is 0 Å². The van der Waals surface area contributed by atoms with Gasteiger partial charge in [-0.1, -0.05) is 18.2 Å². The highest BCUT2D eigenvalue weighted by atomic mass is 16.5. The first-order chi connectivity index (χ1) is 12.7. The molecule has 6 nitrogen and oxygen atoms in total. The molecule has 1 aliphatic heterocycles. The molecule has 1 atom stereocenters. The Labute approximate surface area is 158 Å². The summed E-state index contributed by atoms with van der Waals surface area (Å²) in [6.45, 7) is 6.97. The van der Waals surface area contributed by atoms with Crippen LogP contribution < -0.4 is 15.5 Å². The zero-order valence-electron chi connectivity index (χ0n) is 16.6. The highest BCUT2D eigenvalue weighted by Crippen LogP contribution is 2.22. The quantitative estimate of drug-likeness (QED) is 0.377. The summed E-state index contributed by atoms with van der Waals surface area (Å²) in [6, 6.07) is 10.7. The number of benzene rings is 1. The normalized spacial score (nSPS) is 17.8. The topological polar surface area (TPSA) is 52.1 Å². The van der Waals surface area contributed by atoms with Crippen LogP contribution in [0.25, 0.3) is 0 Å². The molecule has 1 aliphatic rings. The van der Waals surface area contributed by atoms with Crippen molar-refractivity contribution >= 4 is 11.6 Å². The first-order valence-electron chi connectivity index (χ1n) is 9.65. The maximum absolute atomic E-state index is 5.09. The lowest BCUT2D eigenvalue weighted by Crippen LogP contribution is -2.43. The second kappa shape index (κ2) is 11.8. The minimum atomic E-state index is 0.658. The fraction of sp³-hybridized carbons (Fsp3) is 0.650. The molecular weight excluding hydrogens is 326 g/mol. The van der Waals surface area contributed by atoms with Gasteiger partial charge in [-0.05, 0) is 37.9 Å². The van der Waals surface area contributed by atoms with E-state index in [-0.39, 0.29) is 0 Å². The number of hydrogen-bond acceptors (Lipinski definition) is 4. The maximum Gasteiger partial charge on any atom is 0.191 e. The Morgan fingerprint density at radius 3 is 2.81 bits per heavy atom. The van der Waals surface area contributed by atoms with Gasteiger partial charge >= 0.3 is 0 Å². The van der Waals surface area contributed by atoms with Crippen LogP contribution in [0, 0.1) is 5.92 Å². The summed E-state index contributed by atoms with van der Waals surface area (Å²) in [5.74, 6) is 1.55. The summed E-state index contributed by atoms with van der Waals surface area (Å²) >= 11 is 0. The van der Waals surface area contributed by atoms with Gasteiger partial charge in [-0.2, -0.15) is 0 Å². The lowest BCUT2D eigenvalue weighted by Gasteiger charge is -2.20. The van der Waals surface area contributed by atoms with Gasteiger partial charge in [0.15, 0.2) is 5.96 Å². The second-order valence-corrected chi connectivity index (χ2v) is 6.97. The molecule has 1 heterocycles. The third-order valence-corrected chi connectivity index (χ3v) is 4.86. The number of anilines is 1. The number of nitrogens with one attached hydrogen (secondary N) is 2. The number of guanidine groups is 1. The molecule has 0 aliphatic carbocycles. The molecule has 0 bridgehead atoms. The molecule has 0 aromatic heterocycles. The summed E-state index contributed by atoms with van der Waals surface area (Å²) in [5.41, 5.74) is 1.33. The average molecular weight is 362 g/mol. The number of likely N-dealkylation sites (N-methyl/N-ethyl adjacent to an activating group) is 1. The maximum atomic E-state index is 5.09. The minimum absolute atomic E-state index is 0.658. The summed E-state index contributed by atoms with van der Waals surface area (Å²) < 4.78 is 5.09. The summed E-state index contributed by atoms with van der Waals surface area (Å²) in [6.07, 6.45) is 2.29. The van der Waals surface area contributed by atoms with E-state index in [2.05, 4.69) is 62.8 Å². The van der Waals surface area contributed by atoms with E-state index in [1.54, 1.807) is 7.11 Å². The third-order valence-electron chi connectivity index (χ3n) is 4.86. The Balaban J connectivity index is 1.62. The Morgan fingerprint density at radius 2 is 2.08 bits per heavy atom. The smallest absolute Gasteiger partial charge is 0.191 e. The van der Waals surface area contributed by atoms with Crippen LogP contribution in [0.3, 0.4) is 0 Å². The SMILES string of the molecule is CN=C(NCCN(C)CCCOC)NCC1CCN(c2ccccc2)C1. The van der Waals surface area contributed by atoms with Crippen LogP contribution in [0.2, 0.25) is 0 Å². The van der Waals surface area contributed by atoms with Gasteiger partial charge < -0.3 is 25.2 Å². The number of nitrogens with zero attached hydrogens (tertiary/aromatic N) is 3. The highest BCUT2D eigenvalue weighted by Gasteiger charge is 2.22. The monoisotopic (exact) mass is 361 g/mol. The van der Waals surface area contributed by atoms with E-state index in [1.165, 1.54) is 12.1 Å². The summed E-state index contributed by atoms with van der Waals surface area (Å²) in [5, 5.41) is 6.89. The number of methoxy groups -OCH3 is 1. The Hall–Kier alpha value is -1.79. The van der Waals surface area contributed by atoms with E-state index in [4.69, 9.17) is 4.74 Å². The van der Waals surface area contributed by atoms with Gasteiger partial charge in [0.05, 0.1) is 0 Å². The van der Waals surface area contributed by atoms with E-state index < -0.39 is 0 Å². The van der Waals surface area contributed by atoms with Crippen LogP contribution in [0.1, 0.15) is 12.8 Å². The fourth-order valence-electron chi connectivity index (χ4n) is 3.29. The van der Waals surface area contributed by atoms with Crippen molar-refractivity contribution in [3.8, 4) is 0 Å². The standard InChI is InChI=1S/C20H35N5O/c1-21-20(22-11-14-24(2)12-7-15-26-3)23-16-18-10-13-25(17-18)19-8-5-4-6-9-19/h4-6,8-9,18H,7,10-17H2,1-3H3,(H2,21,22,23). The van der Waals surface area contributed by atoms with Crippen LogP contribution in [0.15, 0.2) is 35.3 Å². The van der Waals surface area contributed by atoms with Crippen molar-refractivity contribution in [2.75, 3.05) is 72.0 Å². The lowest BCUT2D eigenvalue weighted by molar-refractivity contribution is 0.180. The van der Waals surface area contributed by atoms with Gasteiger partial charge in [0, 0.05) is 65.7 Å². The zero-order chi connectivity index (χ0) is 18.6. The van der Waals surface area contributed by atoms with Crippen LogP contribution in [-0.2, 0) is 4.74 Å². The molecule has 0 radical (unpaired) electrons. The van der Waals surface area contributed by atoms with Crippen LogP contribution in [0.5, 0.6) is 0 Å². The first-order valence-corrected chi connectivity index (χ1v) is 9.65. The van der Waals surface area contributed by atoms with Crippen LogP contribution in [-0.4, -0.2) is 77.9 Å². The van der Waals surface area contributed by atoms with Crippen LogP contribution >= 0.6 is 0 Å². The molecule has 2 rings (SSSR count). The van der Waals surface area contributed by atoms with E-state index in [0.29, 0.717) is 5.92 Å². The molecule has 26 heavy (non-hydrogen) atoms. The van der Waals surface area contributed by atoms with Crippen molar-refractivity contribution in [3.05, 3.63) is 30.3 Å². The number of aliphatic imine (C=N–C) groups is 1. The van der Waals surface area contributed by atoms with E-state index in [1.807, 2.05) is 7.05 Å². The molecule has 0 amide bonds. The lowest BCUT2D eigenvalue weighted by atomic mass is 10.1. The molecule has 6 heteroatoms. The number of hydrogen-bond donors (Lipinski definition) is 2. The summed E-state index contributed by atoms with van der Waals surface area (Å²) in [4.78, 5) is 9.12. The predicted octanol–water partition coefficient (Wildman–Crippen LogP) is 1.65. The van der Waals surface area contributed by atoms with E-state index >= 15 is 0 Å². The molecule has 0 saturated carbocycles. The van der Waals surface area contributed by atoms with Crippen molar-refractivity contribution in [1.29, 1.82) is 0 Å². The van der Waals surface area contributed by atoms with Gasteiger partial charge in [-0.3, -0.25) is 4.99 Å².